The quantitative estimate of drug-likeness (QED) is 0.132. The van der Waals surface area contributed by atoms with Crippen LogP contribution in [0.25, 0.3) is 0 Å². The first-order chi connectivity index (χ1) is 15.7. The molecule has 0 saturated heterocycles. The van der Waals surface area contributed by atoms with Gasteiger partial charge >= 0.3 is 0 Å². The van der Waals surface area contributed by atoms with Gasteiger partial charge in [0.05, 0.1) is 0 Å². The summed E-state index contributed by atoms with van der Waals surface area (Å²) in [6.07, 6.45) is 15.2. The van der Waals surface area contributed by atoms with Gasteiger partial charge in [-0.2, -0.15) is 0 Å². The predicted octanol–water partition coefficient (Wildman–Crippen LogP) is 12.0. The van der Waals surface area contributed by atoms with Gasteiger partial charge < -0.3 is 0 Å². The van der Waals surface area contributed by atoms with Crippen LogP contribution in [0.2, 0.25) is 0 Å². The molecule has 0 radical (unpaired) electrons. The number of hydrogen-bond acceptors (Lipinski definition) is 0. The first-order valence-electron chi connectivity index (χ1n) is 12.5. The van der Waals surface area contributed by atoms with Crippen molar-refractivity contribution < 1.29 is 0 Å². The molecule has 33 heavy (non-hydrogen) atoms. The number of hydrogen-bond donors (Lipinski definition) is 0. The fourth-order valence-corrected chi connectivity index (χ4v) is 4.94. The molecule has 2 aromatic rings. The van der Waals surface area contributed by atoms with Crippen molar-refractivity contribution in [1.29, 1.82) is 0 Å². The van der Waals surface area contributed by atoms with E-state index in [1.54, 1.807) is 0 Å². The van der Waals surface area contributed by atoms with E-state index in [4.69, 9.17) is 0 Å². The Morgan fingerprint density at radius 1 is 0.697 bits per heavy atom. The molecule has 0 atom stereocenters. The minimum Gasteiger partial charge on any atom is -0.103 e. The molecule has 186 valence electrons. The van der Waals surface area contributed by atoms with Gasteiger partial charge in [-0.25, -0.2) is 0 Å². The van der Waals surface area contributed by atoms with Crippen molar-refractivity contribution in [2.75, 3.05) is 0 Å². The summed E-state index contributed by atoms with van der Waals surface area (Å²) in [5.74, 6) is 0. The zero-order valence-electron chi connectivity index (χ0n) is 21.8. The molecule has 0 bridgehead atoms. The Morgan fingerprint density at radius 3 is 1.58 bits per heavy atom. The van der Waals surface area contributed by atoms with Gasteiger partial charge in [-0.15, -0.1) is 6.58 Å². The topological polar surface area (TPSA) is 0 Å². The zero-order chi connectivity index (χ0) is 25.2. The van der Waals surface area contributed by atoms with Crippen molar-refractivity contribution >= 4 is 54.5 Å². The lowest BCUT2D eigenvalue weighted by molar-refractivity contribution is 0.632. The molecule has 0 aromatic heterocycles. The summed E-state index contributed by atoms with van der Waals surface area (Å²) < 4.78 is 3.80. The van der Waals surface area contributed by atoms with E-state index in [9.17, 15) is 0 Å². The monoisotopic (exact) mass is 690 g/mol. The van der Waals surface area contributed by atoms with Gasteiger partial charge in [0.2, 0.25) is 0 Å². The highest BCUT2D eigenvalue weighted by Crippen LogP contribution is 2.24. The van der Waals surface area contributed by atoms with E-state index >= 15 is 0 Å². The van der Waals surface area contributed by atoms with E-state index in [0.29, 0.717) is 0 Å². The molecule has 0 heterocycles. The molecule has 0 aliphatic carbocycles. The van der Waals surface area contributed by atoms with Crippen LogP contribution < -0.4 is 0 Å². The van der Waals surface area contributed by atoms with Crippen molar-refractivity contribution in [3.8, 4) is 0 Å². The van der Waals surface area contributed by atoms with Crippen molar-refractivity contribution in [1.82, 2.24) is 0 Å². The van der Waals surface area contributed by atoms with Crippen LogP contribution in [0.1, 0.15) is 99.5 Å². The minimum absolute atomic E-state index is 1.19. The third kappa shape index (κ3) is 15.5. The van der Waals surface area contributed by atoms with E-state index in [1.807, 2.05) is 6.08 Å². The summed E-state index contributed by atoms with van der Waals surface area (Å²) in [6.45, 7) is 16.7. The van der Waals surface area contributed by atoms with Crippen LogP contribution in [-0.4, -0.2) is 0 Å². The zero-order valence-corrected chi connectivity index (χ0v) is 27.1. The highest BCUT2D eigenvalue weighted by molar-refractivity contribution is 14.1. The molecule has 0 nitrogen and oxygen atoms in total. The van der Waals surface area contributed by atoms with E-state index in [2.05, 4.69) is 127 Å². The van der Waals surface area contributed by atoms with E-state index in [1.165, 1.54) is 105 Å². The lowest BCUT2D eigenvalue weighted by atomic mass is 10.0. The van der Waals surface area contributed by atoms with E-state index < -0.39 is 0 Å². The second kappa shape index (κ2) is 20.1. The number of benzene rings is 2. The van der Waals surface area contributed by atoms with E-state index in [-0.39, 0.29) is 0 Å². The first kappa shape index (κ1) is 32.9. The van der Waals surface area contributed by atoms with Gasteiger partial charge in [-0.3, -0.25) is 0 Å². The Labute approximate surface area is 235 Å². The Bertz CT molecular complexity index is 765. The van der Waals surface area contributed by atoms with Gasteiger partial charge in [-0.05, 0) is 116 Å². The molecule has 2 aromatic carbocycles. The van der Waals surface area contributed by atoms with Gasteiger partial charge in [0.15, 0.2) is 0 Å². The fraction of sp³-hybridized carbons (Fsp3) is 0.533. The van der Waals surface area contributed by atoms with E-state index in [0.717, 1.165) is 0 Å². The van der Waals surface area contributed by atoms with Crippen LogP contribution in [0.3, 0.4) is 0 Å². The maximum absolute atomic E-state index is 3.63. The number of allylic oxidation sites excluding steroid dienone is 1. The minimum atomic E-state index is 1.19. The van der Waals surface area contributed by atoms with Gasteiger partial charge in [0.1, 0.15) is 0 Å². The smallest absolute Gasteiger partial charge is 0.0234 e. The number of unbranched alkanes of at least 4 members (excludes halogenated alkanes) is 7. The number of rotatable bonds is 10. The van der Waals surface area contributed by atoms with Crippen molar-refractivity contribution in [2.24, 2.45) is 0 Å². The van der Waals surface area contributed by atoms with Crippen LogP contribution in [0.5, 0.6) is 0 Å². The van der Waals surface area contributed by atoms with Crippen molar-refractivity contribution in [3.05, 3.63) is 77.3 Å². The molecule has 0 amide bonds. The summed E-state index contributed by atoms with van der Waals surface area (Å²) >= 11 is 9.45. The lowest BCUT2D eigenvalue weighted by Gasteiger charge is -2.08. The van der Waals surface area contributed by atoms with Gasteiger partial charge in [0, 0.05) is 12.5 Å². The average molecular weight is 692 g/mol. The molecule has 0 fully saturated rings. The largest absolute Gasteiger partial charge is 0.103 e. The summed E-state index contributed by atoms with van der Waals surface area (Å²) in [5, 5.41) is 0. The second-order valence-corrected chi connectivity index (χ2v) is 11.7. The molecule has 0 unspecified atom stereocenters. The van der Waals surface area contributed by atoms with Crippen LogP contribution in [0.4, 0.5) is 0 Å². The van der Waals surface area contributed by atoms with Gasteiger partial charge in [-0.1, -0.05) is 102 Å². The lowest BCUT2D eigenvalue weighted by Crippen LogP contribution is -1.90. The molecule has 3 heteroatoms. The third-order valence-electron chi connectivity index (χ3n) is 5.48. The maximum atomic E-state index is 3.63. The maximum Gasteiger partial charge on any atom is 0.0234 e. The van der Waals surface area contributed by atoms with Crippen molar-refractivity contribution in [3.63, 3.8) is 0 Å². The molecule has 0 spiro atoms. The van der Waals surface area contributed by atoms with Gasteiger partial charge in [0.25, 0.3) is 0 Å². The molecule has 2 rings (SSSR count). The highest BCUT2D eigenvalue weighted by atomic mass is 127. The van der Waals surface area contributed by atoms with Crippen molar-refractivity contribution in [2.45, 2.75) is 106 Å². The number of aryl methyl sites for hydroxylation is 5. The summed E-state index contributed by atoms with van der Waals surface area (Å²) in [5.41, 5.74) is 6.84. The Hall–Kier alpha value is -0.130. The molecular formula is C30H45Br2I. The average Bonchev–Trinajstić information content (AvgIpc) is 2.77. The molecule has 0 aliphatic rings. The molecule has 0 saturated carbocycles. The SMILES string of the molecule is C=CCCCCC.CCCCCCCc1cc(C)c(Br)c(C)c1.Cc1cc(I)cc(C)c1Br. The van der Waals surface area contributed by atoms with Crippen LogP contribution >= 0.6 is 54.5 Å². The summed E-state index contributed by atoms with van der Waals surface area (Å²) in [4.78, 5) is 0. The Kier molecular flexibility index (Phi) is 20.0. The first-order valence-corrected chi connectivity index (χ1v) is 15.1. The summed E-state index contributed by atoms with van der Waals surface area (Å²) in [7, 11) is 0. The Morgan fingerprint density at radius 2 is 1.12 bits per heavy atom. The third-order valence-corrected chi connectivity index (χ3v) is 8.60. The highest BCUT2D eigenvalue weighted by Gasteiger charge is 2.02. The second-order valence-electron chi connectivity index (χ2n) is 8.85. The number of halogens is 3. The molecular weight excluding hydrogens is 647 g/mol. The van der Waals surface area contributed by atoms with Crippen LogP contribution in [-0.2, 0) is 6.42 Å². The standard InChI is InChI=1S/C15H23Br.C8H8BrI.C7H14/c1-4-5-6-7-8-9-14-10-12(2)15(16)13(3)11-14;1-5-3-7(10)4-6(2)8(5)9;1-3-5-7-6-4-2/h10-11H,4-9H2,1-3H3;3-4H,1-2H3;3H,1,4-7H2,2H3. The fourth-order valence-electron chi connectivity index (χ4n) is 3.54. The predicted molar refractivity (Wildman–Crippen MR) is 167 cm³/mol. The van der Waals surface area contributed by atoms with Crippen LogP contribution in [0, 0.1) is 31.3 Å². The summed E-state index contributed by atoms with van der Waals surface area (Å²) in [6, 6.07) is 8.96. The molecule has 0 N–H and O–H groups in total. The molecule has 0 aliphatic heterocycles. The van der Waals surface area contributed by atoms with Crippen LogP contribution in [0.15, 0.2) is 45.9 Å². The Balaban J connectivity index is 0.000000514. The normalized spacial score (nSPS) is 10.1.